The molecule has 4 heteroatoms. The molecule has 1 atom stereocenters. The lowest BCUT2D eigenvalue weighted by atomic mass is 9.85. The van der Waals surface area contributed by atoms with Gasteiger partial charge in [-0.2, -0.15) is 0 Å². The van der Waals surface area contributed by atoms with Crippen LogP contribution in [-0.2, 0) is 4.79 Å². The van der Waals surface area contributed by atoms with Crippen LogP contribution < -0.4 is 5.32 Å². The maximum Gasteiger partial charge on any atom is 0.220 e. The van der Waals surface area contributed by atoms with Gasteiger partial charge in [-0.1, -0.05) is 19.9 Å². The van der Waals surface area contributed by atoms with Crippen molar-refractivity contribution in [2.75, 3.05) is 7.05 Å². The Kier molecular flexibility index (Phi) is 4.61. The molecule has 1 unspecified atom stereocenters. The molecule has 0 heterocycles. The van der Waals surface area contributed by atoms with Crippen molar-refractivity contribution in [3.63, 3.8) is 0 Å². The summed E-state index contributed by atoms with van der Waals surface area (Å²) in [6.07, 6.45) is 0.277. The van der Waals surface area contributed by atoms with E-state index in [0.29, 0.717) is 5.56 Å². The van der Waals surface area contributed by atoms with Crippen LogP contribution in [-0.4, -0.2) is 13.0 Å². The van der Waals surface area contributed by atoms with E-state index in [9.17, 15) is 13.6 Å². The highest BCUT2D eigenvalue weighted by molar-refractivity contribution is 5.76. The zero-order valence-corrected chi connectivity index (χ0v) is 10.3. The minimum atomic E-state index is -0.870. The summed E-state index contributed by atoms with van der Waals surface area (Å²) < 4.78 is 26.0. The van der Waals surface area contributed by atoms with Crippen LogP contribution in [0.1, 0.15) is 31.7 Å². The molecular formula is C13H17F2NO. The van der Waals surface area contributed by atoms with Crippen LogP contribution in [0.2, 0.25) is 0 Å². The highest BCUT2D eigenvalue weighted by Crippen LogP contribution is 2.28. The number of carbonyl (C=O) groups excluding carboxylic acids is 1. The van der Waals surface area contributed by atoms with E-state index in [1.807, 2.05) is 13.8 Å². The summed E-state index contributed by atoms with van der Waals surface area (Å²) in [4.78, 5) is 11.4. The van der Waals surface area contributed by atoms with E-state index in [1.54, 1.807) is 7.05 Å². The molecule has 1 amide bonds. The van der Waals surface area contributed by atoms with Gasteiger partial charge >= 0.3 is 0 Å². The second kappa shape index (κ2) is 5.75. The molecule has 1 aromatic rings. The van der Waals surface area contributed by atoms with Crippen LogP contribution in [0.25, 0.3) is 0 Å². The van der Waals surface area contributed by atoms with Crippen LogP contribution in [0, 0.1) is 17.6 Å². The Bertz CT molecular complexity index is 404. The van der Waals surface area contributed by atoms with E-state index >= 15 is 0 Å². The fourth-order valence-corrected chi connectivity index (χ4v) is 1.78. The maximum atomic E-state index is 13.1. The molecule has 17 heavy (non-hydrogen) atoms. The molecule has 1 aromatic carbocycles. The third kappa shape index (κ3) is 3.51. The fraction of sp³-hybridized carbons (Fsp3) is 0.462. The largest absolute Gasteiger partial charge is 0.359 e. The number of hydrogen-bond donors (Lipinski definition) is 1. The monoisotopic (exact) mass is 241 g/mol. The Morgan fingerprint density at radius 2 is 1.94 bits per heavy atom. The van der Waals surface area contributed by atoms with Crippen molar-refractivity contribution in [2.24, 2.45) is 5.92 Å². The van der Waals surface area contributed by atoms with Gasteiger partial charge in [0.05, 0.1) is 0 Å². The molecule has 0 aliphatic carbocycles. The minimum absolute atomic E-state index is 0.103. The lowest BCUT2D eigenvalue weighted by Crippen LogP contribution is -2.22. The van der Waals surface area contributed by atoms with E-state index in [2.05, 4.69) is 5.32 Å². The number of hydrogen-bond acceptors (Lipinski definition) is 1. The van der Waals surface area contributed by atoms with E-state index < -0.39 is 11.6 Å². The molecule has 0 aromatic heterocycles. The number of benzene rings is 1. The normalized spacial score (nSPS) is 12.6. The van der Waals surface area contributed by atoms with Crippen molar-refractivity contribution in [3.8, 4) is 0 Å². The predicted molar refractivity (Wildman–Crippen MR) is 62.6 cm³/mol. The summed E-state index contributed by atoms with van der Waals surface area (Å²) in [6, 6.07) is 3.80. The Hall–Kier alpha value is -1.45. The molecule has 1 N–H and O–H groups in total. The molecule has 0 aliphatic rings. The smallest absolute Gasteiger partial charge is 0.220 e. The van der Waals surface area contributed by atoms with Crippen molar-refractivity contribution in [1.29, 1.82) is 0 Å². The summed E-state index contributed by atoms with van der Waals surface area (Å²) in [7, 11) is 1.56. The Balaban J connectivity index is 2.97. The van der Waals surface area contributed by atoms with Gasteiger partial charge in [-0.25, -0.2) is 8.78 Å². The van der Waals surface area contributed by atoms with Crippen molar-refractivity contribution < 1.29 is 13.6 Å². The predicted octanol–water partition coefficient (Wildman–Crippen LogP) is 2.84. The molecule has 94 valence electrons. The number of nitrogens with one attached hydrogen (secondary N) is 1. The third-order valence-electron chi connectivity index (χ3n) is 2.86. The van der Waals surface area contributed by atoms with Gasteiger partial charge in [-0.3, -0.25) is 4.79 Å². The molecule has 0 fully saturated rings. The van der Waals surface area contributed by atoms with Crippen LogP contribution in [0.5, 0.6) is 0 Å². The number of rotatable bonds is 4. The highest BCUT2D eigenvalue weighted by Gasteiger charge is 2.20. The van der Waals surface area contributed by atoms with Crippen LogP contribution >= 0.6 is 0 Å². The van der Waals surface area contributed by atoms with Crippen LogP contribution in [0.4, 0.5) is 8.78 Å². The second-order valence-corrected chi connectivity index (χ2v) is 4.40. The summed E-state index contributed by atoms with van der Waals surface area (Å²) in [6.45, 7) is 3.91. The quantitative estimate of drug-likeness (QED) is 0.862. The van der Waals surface area contributed by atoms with Crippen LogP contribution in [0.15, 0.2) is 18.2 Å². The Morgan fingerprint density at radius 3 is 2.41 bits per heavy atom. The van der Waals surface area contributed by atoms with Gasteiger partial charge in [-0.15, -0.1) is 0 Å². The lowest BCUT2D eigenvalue weighted by Gasteiger charge is -2.20. The minimum Gasteiger partial charge on any atom is -0.359 e. The molecule has 2 nitrogen and oxygen atoms in total. The fourth-order valence-electron chi connectivity index (χ4n) is 1.78. The number of halogens is 2. The molecule has 0 saturated carbocycles. The van der Waals surface area contributed by atoms with E-state index in [4.69, 9.17) is 0 Å². The molecule has 0 aliphatic heterocycles. The summed E-state index contributed by atoms with van der Waals surface area (Å²) in [5.74, 6) is -1.77. The van der Waals surface area contributed by atoms with Gasteiger partial charge in [-0.05, 0) is 29.5 Å². The maximum absolute atomic E-state index is 13.1. The first-order chi connectivity index (χ1) is 7.95. The first kappa shape index (κ1) is 13.6. The van der Waals surface area contributed by atoms with Crippen molar-refractivity contribution >= 4 is 5.91 Å². The molecule has 1 rings (SSSR count). The third-order valence-corrected chi connectivity index (χ3v) is 2.86. The van der Waals surface area contributed by atoms with Crippen molar-refractivity contribution in [2.45, 2.75) is 26.2 Å². The average molecular weight is 241 g/mol. The molecule has 0 radical (unpaired) electrons. The van der Waals surface area contributed by atoms with E-state index in [0.717, 1.165) is 6.07 Å². The van der Waals surface area contributed by atoms with Gasteiger partial charge in [0.15, 0.2) is 11.6 Å². The summed E-state index contributed by atoms with van der Waals surface area (Å²) in [5.41, 5.74) is 0.655. The van der Waals surface area contributed by atoms with Crippen LogP contribution in [0.3, 0.4) is 0 Å². The van der Waals surface area contributed by atoms with Gasteiger partial charge in [0.25, 0.3) is 0 Å². The van der Waals surface area contributed by atoms with E-state index in [1.165, 1.54) is 12.1 Å². The Labute approximate surface area is 100 Å². The lowest BCUT2D eigenvalue weighted by molar-refractivity contribution is -0.121. The zero-order valence-electron chi connectivity index (χ0n) is 10.3. The second-order valence-electron chi connectivity index (χ2n) is 4.40. The zero-order chi connectivity index (χ0) is 13.0. The van der Waals surface area contributed by atoms with Gasteiger partial charge in [0.1, 0.15) is 0 Å². The molecule has 0 spiro atoms. The first-order valence-corrected chi connectivity index (χ1v) is 5.61. The molecule has 0 bridgehead atoms. The SMILES string of the molecule is CNC(=O)CC(c1ccc(F)c(F)c1)C(C)C. The van der Waals surface area contributed by atoms with E-state index in [-0.39, 0.29) is 24.2 Å². The first-order valence-electron chi connectivity index (χ1n) is 5.61. The van der Waals surface area contributed by atoms with Gasteiger partial charge < -0.3 is 5.32 Å². The standard InChI is InChI=1S/C13H17F2NO/c1-8(2)10(7-13(17)16-3)9-4-5-11(14)12(15)6-9/h4-6,8,10H,7H2,1-3H3,(H,16,17). The number of carbonyl (C=O) groups is 1. The van der Waals surface area contributed by atoms with Gasteiger partial charge in [0.2, 0.25) is 5.91 Å². The average Bonchev–Trinajstić information content (AvgIpc) is 2.29. The summed E-state index contributed by atoms with van der Waals surface area (Å²) >= 11 is 0. The highest BCUT2D eigenvalue weighted by atomic mass is 19.2. The Morgan fingerprint density at radius 1 is 1.29 bits per heavy atom. The van der Waals surface area contributed by atoms with Crippen molar-refractivity contribution in [1.82, 2.24) is 5.32 Å². The molecule has 0 saturated heterocycles. The number of amides is 1. The molecular weight excluding hydrogens is 224 g/mol. The summed E-state index contributed by atoms with van der Waals surface area (Å²) in [5, 5.41) is 2.54. The van der Waals surface area contributed by atoms with Crippen molar-refractivity contribution in [3.05, 3.63) is 35.4 Å². The topological polar surface area (TPSA) is 29.1 Å². The van der Waals surface area contributed by atoms with Gasteiger partial charge in [0, 0.05) is 13.5 Å².